The van der Waals surface area contributed by atoms with Crippen LogP contribution < -0.4 is 10.1 Å². The van der Waals surface area contributed by atoms with E-state index in [9.17, 15) is 4.79 Å². The molecule has 0 aromatic heterocycles. The van der Waals surface area contributed by atoms with Crippen LogP contribution in [0.25, 0.3) is 0 Å². The number of methoxy groups -OCH3 is 1. The maximum atomic E-state index is 12.8. The number of hydrogen-bond donors (Lipinski definition) is 1. The molecule has 2 aromatic rings. The Kier molecular flexibility index (Phi) is 5.94. The molecule has 0 unspecified atom stereocenters. The fourth-order valence-electron chi connectivity index (χ4n) is 3.66. The van der Waals surface area contributed by atoms with Gasteiger partial charge in [0.2, 0.25) is 0 Å². The molecule has 1 atom stereocenters. The normalized spacial score (nSPS) is 17.7. The molecule has 4 nitrogen and oxygen atoms in total. The molecule has 0 radical (unpaired) electrons. The van der Waals surface area contributed by atoms with Crippen molar-refractivity contribution in [3.63, 3.8) is 0 Å². The highest BCUT2D eigenvalue weighted by atomic mass is 16.5. The van der Waals surface area contributed by atoms with E-state index in [4.69, 9.17) is 4.74 Å². The first-order valence-corrected chi connectivity index (χ1v) is 9.33. The summed E-state index contributed by atoms with van der Waals surface area (Å²) >= 11 is 0. The second-order valence-corrected chi connectivity index (χ2v) is 7.29. The molecule has 4 heteroatoms. The predicted molar refractivity (Wildman–Crippen MR) is 106 cm³/mol. The summed E-state index contributed by atoms with van der Waals surface area (Å²) in [6, 6.07) is 13.7. The molecule has 1 fully saturated rings. The smallest absolute Gasteiger partial charge is 0.255 e. The van der Waals surface area contributed by atoms with E-state index >= 15 is 0 Å². The minimum atomic E-state index is -0.105. The van der Waals surface area contributed by atoms with Crippen molar-refractivity contribution in [2.24, 2.45) is 5.92 Å². The third-order valence-corrected chi connectivity index (χ3v) is 5.03. The van der Waals surface area contributed by atoms with Gasteiger partial charge in [0.15, 0.2) is 0 Å². The molecule has 0 spiro atoms. The van der Waals surface area contributed by atoms with Gasteiger partial charge in [-0.15, -0.1) is 0 Å². The maximum Gasteiger partial charge on any atom is 0.255 e. The first-order chi connectivity index (χ1) is 12.6. The average molecular weight is 352 g/mol. The van der Waals surface area contributed by atoms with E-state index in [-0.39, 0.29) is 5.91 Å². The number of nitrogens with one attached hydrogen (secondary N) is 1. The molecule has 1 saturated heterocycles. The van der Waals surface area contributed by atoms with Crippen molar-refractivity contribution in [3.05, 3.63) is 59.2 Å². The quantitative estimate of drug-likeness (QED) is 0.862. The van der Waals surface area contributed by atoms with Crippen LogP contribution in [-0.2, 0) is 6.54 Å². The molecule has 2 aromatic carbocycles. The summed E-state index contributed by atoms with van der Waals surface area (Å²) in [5, 5.41) is 3.01. The SMILES string of the molecule is COc1cccc(C)c1NC(=O)c1cccc(CN2CCC[C@@H](C)C2)c1. The van der Waals surface area contributed by atoms with Crippen molar-refractivity contribution >= 4 is 11.6 Å². The highest BCUT2D eigenvalue weighted by molar-refractivity contribution is 6.05. The van der Waals surface area contributed by atoms with Crippen molar-refractivity contribution in [1.29, 1.82) is 0 Å². The minimum absolute atomic E-state index is 0.105. The predicted octanol–water partition coefficient (Wildman–Crippen LogP) is 4.49. The van der Waals surface area contributed by atoms with Crippen LogP contribution >= 0.6 is 0 Å². The van der Waals surface area contributed by atoms with Crippen molar-refractivity contribution < 1.29 is 9.53 Å². The second-order valence-electron chi connectivity index (χ2n) is 7.29. The fraction of sp³-hybridized carbons (Fsp3) is 0.409. The van der Waals surface area contributed by atoms with Crippen LogP contribution in [-0.4, -0.2) is 31.0 Å². The van der Waals surface area contributed by atoms with Crippen LogP contribution in [0.3, 0.4) is 0 Å². The van der Waals surface area contributed by atoms with Crippen LogP contribution in [0.2, 0.25) is 0 Å². The molecule has 1 heterocycles. The van der Waals surface area contributed by atoms with E-state index in [1.807, 2.05) is 43.3 Å². The lowest BCUT2D eigenvalue weighted by atomic mass is 9.99. The Morgan fingerprint density at radius 2 is 2.08 bits per heavy atom. The van der Waals surface area contributed by atoms with Gasteiger partial charge in [0, 0.05) is 18.7 Å². The molecule has 1 N–H and O–H groups in total. The van der Waals surface area contributed by atoms with Gasteiger partial charge in [-0.3, -0.25) is 9.69 Å². The number of ether oxygens (including phenoxy) is 1. The zero-order valence-corrected chi connectivity index (χ0v) is 15.9. The number of para-hydroxylation sites is 1. The molecule has 1 aliphatic heterocycles. The van der Waals surface area contributed by atoms with Crippen molar-refractivity contribution in [1.82, 2.24) is 4.90 Å². The van der Waals surface area contributed by atoms with Crippen LogP contribution in [0.5, 0.6) is 5.75 Å². The largest absolute Gasteiger partial charge is 0.495 e. The van der Waals surface area contributed by atoms with Gasteiger partial charge in [-0.1, -0.05) is 31.2 Å². The zero-order valence-electron chi connectivity index (χ0n) is 15.9. The number of likely N-dealkylation sites (tertiary alicyclic amines) is 1. The molecule has 1 aliphatic rings. The highest BCUT2D eigenvalue weighted by Crippen LogP contribution is 2.28. The maximum absolute atomic E-state index is 12.8. The number of aryl methyl sites for hydroxylation is 1. The second kappa shape index (κ2) is 8.37. The number of amides is 1. The third-order valence-electron chi connectivity index (χ3n) is 5.03. The Morgan fingerprint density at radius 1 is 1.27 bits per heavy atom. The van der Waals surface area contributed by atoms with Gasteiger partial charge in [0.1, 0.15) is 5.75 Å². The molecular weight excluding hydrogens is 324 g/mol. The van der Waals surface area contributed by atoms with Crippen LogP contribution in [0, 0.1) is 12.8 Å². The van der Waals surface area contributed by atoms with E-state index in [0.29, 0.717) is 11.3 Å². The first-order valence-electron chi connectivity index (χ1n) is 9.33. The number of hydrogen-bond acceptors (Lipinski definition) is 3. The lowest BCUT2D eigenvalue weighted by Crippen LogP contribution is -2.33. The molecule has 3 rings (SSSR count). The van der Waals surface area contributed by atoms with Gasteiger partial charge in [0.25, 0.3) is 5.91 Å². The Balaban J connectivity index is 1.72. The van der Waals surface area contributed by atoms with Crippen LogP contribution in [0.15, 0.2) is 42.5 Å². The van der Waals surface area contributed by atoms with E-state index in [1.165, 1.54) is 18.4 Å². The number of anilines is 1. The summed E-state index contributed by atoms with van der Waals surface area (Å²) in [6.07, 6.45) is 2.58. The standard InChI is InChI=1S/C22H28N2O2/c1-16-7-6-12-24(14-16)15-18-9-5-10-19(13-18)22(25)23-21-17(2)8-4-11-20(21)26-3/h4-5,8-11,13,16H,6-7,12,14-15H2,1-3H3,(H,23,25)/t16-/m1/s1. The van der Waals surface area contributed by atoms with Gasteiger partial charge in [-0.2, -0.15) is 0 Å². The summed E-state index contributed by atoms with van der Waals surface area (Å²) in [5.74, 6) is 1.33. The van der Waals surface area contributed by atoms with E-state index in [0.717, 1.165) is 36.8 Å². The van der Waals surface area contributed by atoms with E-state index < -0.39 is 0 Å². The number of carbonyl (C=O) groups excluding carboxylic acids is 1. The van der Waals surface area contributed by atoms with Gasteiger partial charge < -0.3 is 10.1 Å². The molecule has 0 bridgehead atoms. The summed E-state index contributed by atoms with van der Waals surface area (Å²) < 4.78 is 5.38. The number of rotatable bonds is 5. The molecule has 1 amide bonds. The Morgan fingerprint density at radius 3 is 2.85 bits per heavy atom. The topological polar surface area (TPSA) is 41.6 Å². The summed E-state index contributed by atoms with van der Waals surface area (Å²) in [7, 11) is 1.62. The summed E-state index contributed by atoms with van der Waals surface area (Å²) in [6.45, 7) is 7.45. The summed E-state index contributed by atoms with van der Waals surface area (Å²) in [4.78, 5) is 15.2. The average Bonchev–Trinajstić information content (AvgIpc) is 2.63. The van der Waals surface area contributed by atoms with E-state index in [2.05, 4.69) is 23.2 Å². The van der Waals surface area contributed by atoms with Crippen molar-refractivity contribution in [3.8, 4) is 5.75 Å². The fourth-order valence-corrected chi connectivity index (χ4v) is 3.66. The van der Waals surface area contributed by atoms with Gasteiger partial charge in [-0.25, -0.2) is 0 Å². The monoisotopic (exact) mass is 352 g/mol. The van der Waals surface area contributed by atoms with Crippen LogP contribution in [0.1, 0.15) is 41.3 Å². The number of carbonyl (C=O) groups is 1. The van der Waals surface area contributed by atoms with Crippen LogP contribution in [0.4, 0.5) is 5.69 Å². The Bertz CT molecular complexity index is 772. The van der Waals surface area contributed by atoms with E-state index in [1.54, 1.807) is 7.11 Å². The first kappa shape index (κ1) is 18.5. The molecule has 138 valence electrons. The highest BCUT2D eigenvalue weighted by Gasteiger charge is 2.17. The lowest BCUT2D eigenvalue weighted by molar-refractivity contribution is 0.102. The van der Waals surface area contributed by atoms with Gasteiger partial charge in [0.05, 0.1) is 12.8 Å². The zero-order chi connectivity index (χ0) is 18.5. The molecule has 26 heavy (non-hydrogen) atoms. The van der Waals surface area contributed by atoms with Crippen molar-refractivity contribution in [2.45, 2.75) is 33.2 Å². The minimum Gasteiger partial charge on any atom is -0.495 e. The van der Waals surface area contributed by atoms with Gasteiger partial charge in [-0.05, 0) is 61.6 Å². The van der Waals surface area contributed by atoms with Gasteiger partial charge >= 0.3 is 0 Å². The Labute approximate surface area is 156 Å². The number of piperidine rings is 1. The third kappa shape index (κ3) is 4.44. The number of benzene rings is 2. The lowest BCUT2D eigenvalue weighted by Gasteiger charge is -2.30. The van der Waals surface area contributed by atoms with Crippen molar-refractivity contribution in [2.75, 3.05) is 25.5 Å². The molecule has 0 saturated carbocycles. The molecule has 0 aliphatic carbocycles. The summed E-state index contributed by atoms with van der Waals surface area (Å²) in [5.41, 5.74) is 3.58. The Hall–Kier alpha value is -2.33. The molecular formula is C22H28N2O2. The number of nitrogens with zero attached hydrogens (tertiary/aromatic N) is 1.